The Hall–Kier alpha value is -1.62. The highest BCUT2D eigenvalue weighted by atomic mass is 35.5. The summed E-state index contributed by atoms with van der Waals surface area (Å²) in [7, 11) is 0. The van der Waals surface area contributed by atoms with Crippen molar-refractivity contribution >= 4 is 24.0 Å². The lowest BCUT2D eigenvalue weighted by Gasteiger charge is -2.05. The van der Waals surface area contributed by atoms with Crippen LogP contribution in [0, 0.1) is 15.5 Å². The van der Waals surface area contributed by atoms with Gasteiger partial charge in [0.05, 0.1) is 18.0 Å². The van der Waals surface area contributed by atoms with Gasteiger partial charge in [0.1, 0.15) is 0 Å². The van der Waals surface area contributed by atoms with E-state index in [1.165, 1.54) is 6.07 Å². The van der Waals surface area contributed by atoms with Crippen molar-refractivity contribution in [1.82, 2.24) is 0 Å². The van der Waals surface area contributed by atoms with Gasteiger partial charge in [0, 0.05) is 11.6 Å². The minimum absolute atomic E-state index is 0. The molecule has 1 aromatic rings. The van der Waals surface area contributed by atoms with Crippen LogP contribution < -0.4 is 0 Å². The van der Waals surface area contributed by atoms with Crippen LogP contribution in [0.5, 0.6) is 0 Å². The molecule has 0 aliphatic heterocycles. The molecule has 0 fully saturated rings. The van der Waals surface area contributed by atoms with Crippen molar-refractivity contribution in [3.63, 3.8) is 0 Å². The van der Waals surface area contributed by atoms with E-state index in [4.69, 9.17) is 10.1 Å². The number of hydrogen-bond donors (Lipinski definition) is 1. The first-order valence-electron chi connectivity index (χ1n) is 4.57. The number of ether oxygens (including phenoxy) is 1. The molecule has 0 aliphatic rings. The van der Waals surface area contributed by atoms with E-state index in [-0.39, 0.29) is 30.4 Å². The van der Waals surface area contributed by atoms with Crippen LogP contribution in [0.25, 0.3) is 0 Å². The van der Waals surface area contributed by atoms with Crippen LogP contribution in [-0.2, 0) is 11.2 Å². The number of nitrogens with zero attached hydrogens (tertiary/aromatic N) is 1. The van der Waals surface area contributed by atoms with E-state index in [1.807, 2.05) is 0 Å². The van der Waals surface area contributed by atoms with Crippen molar-refractivity contribution in [3.05, 3.63) is 39.9 Å². The number of nitro benzene ring substituents is 1. The Labute approximate surface area is 99.5 Å². The molecule has 0 bridgehead atoms. The summed E-state index contributed by atoms with van der Waals surface area (Å²) in [5.74, 6) is 0.0480. The van der Waals surface area contributed by atoms with E-state index in [0.29, 0.717) is 12.2 Å². The largest absolute Gasteiger partial charge is 0.481 e. The minimum Gasteiger partial charge on any atom is -0.481 e. The summed E-state index contributed by atoms with van der Waals surface area (Å²) in [5, 5.41) is 18.1. The van der Waals surface area contributed by atoms with Gasteiger partial charge in [-0.25, -0.2) is 0 Å². The molecule has 5 nitrogen and oxygen atoms in total. The average Bonchev–Trinajstić information content (AvgIpc) is 2.18. The lowest BCUT2D eigenvalue weighted by molar-refractivity contribution is -0.385. The first kappa shape index (κ1) is 14.4. The van der Waals surface area contributed by atoms with Crippen molar-refractivity contribution in [3.8, 4) is 0 Å². The Morgan fingerprint density at radius 2 is 2.12 bits per heavy atom. The number of rotatable bonds is 4. The summed E-state index contributed by atoms with van der Waals surface area (Å²) in [6.07, 6.45) is 0.158. The lowest BCUT2D eigenvalue weighted by atomic mass is 10.1. The fourth-order valence-corrected chi connectivity index (χ4v) is 1.24. The fraction of sp³-hybridized carbons (Fsp3) is 0.300. The predicted molar refractivity (Wildman–Crippen MR) is 63.4 cm³/mol. The van der Waals surface area contributed by atoms with E-state index < -0.39 is 4.92 Å². The molecule has 0 atom stereocenters. The van der Waals surface area contributed by atoms with Gasteiger partial charge in [0.25, 0.3) is 5.69 Å². The topological polar surface area (TPSA) is 76.2 Å². The Kier molecular flexibility index (Phi) is 6.10. The number of para-hydroxylation sites is 1. The molecule has 6 heteroatoms. The summed E-state index contributed by atoms with van der Waals surface area (Å²) in [6.45, 7) is 2.17. The quantitative estimate of drug-likeness (QED) is 0.383. The van der Waals surface area contributed by atoms with Crippen LogP contribution in [0.3, 0.4) is 0 Å². The summed E-state index contributed by atoms with van der Waals surface area (Å²) in [6, 6.07) is 6.37. The first-order chi connectivity index (χ1) is 7.15. The van der Waals surface area contributed by atoms with E-state index in [9.17, 15) is 10.1 Å². The SMILES string of the molecule is CCOC(=N)Cc1ccccc1[N+](=O)[O-].Cl. The van der Waals surface area contributed by atoms with Crippen molar-refractivity contribution in [2.24, 2.45) is 0 Å². The van der Waals surface area contributed by atoms with Gasteiger partial charge in [-0.1, -0.05) is 18.2 Å². The van der Waals surface area contributed by atoms with E-state index in [0.717, 1.165) is 0 Å². The van der Waals surface area contributed by atoms with Gasteiger partial charge in [-0.15, -0.1) is 12.4 Å². The van der Waals surface area contributed by atoms with E-state index in [2.05, 4.69) is 0 Å². The first-order valence-corrected chi connectivity index (χ1v) is 4.57. The number of halogens is 1. The van der Waals surface area contributed by atoms with E-state index >= 15 is 0 Å². The van der Waals surface area contributed by atoms with Gasteiger partial charge in [0.2, 0.25) is 0 Å². The average molecular weight is 245 g/mol. The summed E-state index contributed by atoms with van der Waals surface area (Å²) >= 11 is 0. The van der Waals surface area contributed by atoms with Gasteiger partial charge < -0.3 is 4.74 Å². The van der Waals surface area contributed by atoms with Crippen LogP contribution in [0.2, 0.25) is 0 Å². The van der Waals surface area contributed by atoms with Gasteiger partial charge in [-0.3, -0.25) is 15.5 Å². The second-order valence-corrected chi connectivity index (χ2v) is 2.92. The van der Waals surface area contributed by atoms with Crippen LogP contribution in [0.15, 0.2) is 24.3 Å². The van der Waals surface area contributed by atoms with Crippen molar-refractivity contribution in [2.75, 3.05) is 6.61 Å². The molecule has 0 aliphatic carbocycles. The Bertz CT molecular complexity index is 382. The molecular weight excluding hydrogens is 232 g/mol. The molecular formula is C10H13ClN2O3. The number of nitro groups is 1. The summed E-state index contributed by atoms with van der Waals surface area (Å²) < 4.78 is 4.94. The maximum absolute atomic E-state index is 10.7. The molecule has 1 aromatic carbocycles. The third-order valence-corrected chi connectivity index (χ3v) is 1.86. The molecule has 16 heavy (non-hydrogen) atoms. The monoisotopic (exact) mass is 244 g/mol. The molecule has 1 N–H and O–H groups in total. The molecule has 0 aromatic heterocycles. The molecule has 0 radical (unpaired) electrons. The highest BCUT2D eigenvalue weighted by Gasteiger charge is 2.13. The molecule has 1 rings (SSSR count). The molecule has 0 saturated carbocycles. The molecule has 0 unspecified atom stereocenters. The molecule has 0 heterocycles. The second-order valence-electron chi connectivity index (χ2n) is 2.92. The molecule has 0 spiro atoms. The maximum atomic E-state index is 10.7. The van der Waals surface area contributed by atoms with Crippen LogP contribution in [0.4, 0.5) is 5.69 Å². The molecule has 88 valence electrons. The van der Waals surface area contributed by atoms with Crippen LogP contribution in [0.1, 0.15) is 12.5 Å². The lowest BCUT2D eigenvalue weighted by Crippen LogP contribution is -2.08. The third kappa shape index (κ3) is 3.86. The number of hydrogen-bond acceptors (Lipinski definition) is 4. The zero-order valence-corrected chi connectivity index (χ0v) is 9.62. The zero-order valence-electron chi connectivity index (χ0n) is 8.80. The van der Waals surface area contributed by atoms with Gasteiger partial charge in [-0.2, -0.15) is 0 Å². The summed E-state index contributed by atoms with van der Waals surface area (Å²) in [4.78, 5) is 10.2. The van der Waals surface area contributed by atoms with Crippen molar-refractivity contribution in [2.45, 2.75) is 13.3 Å². The maximum Gasteiger partial charge on any atom is 0.273 e. The smallest absolute Gasteiger partial charge is 0.273 e. The van der Waals surface area contributed by atoms with E-state index in [1.54, 1.807) is 25.1 Å². The van der Waals surface area contributed by atoms with Gasteiger partial charge >= 0.3 is 0 Å². The normalized spacial score (nSPS) is 9.06. The van der Waals surface area contributed by atoms with Crippen molar-refractivity contribution in [1.29, 1.82) is 5.41 Å². The van der Waals surface area contributed by atoms with Crippen molar-refractivity contribution < 1.29 is 9.66 Å². The summed E-state index contributed by atoms with van der Waals surface area (Å²) in [5.41, 5.74) is 0.530. The molecule has 0 amide bonds. The number of nitrogens with one attached hydrogen (secondary N) is 1. The predicted octanol–water partition coefficient (Wildman–Crippen LogP) is 2.57. The number of benzene rings is 1. The highest BCUT2D eigenvalue weighted by Crippen LogP contribution is 2.18. The van der Waals surface area contributed by atoms with Gasteiger partial charge in [-0.05, 0) is 6.92 Å². The Balaban J connectivity index is 0.00000225. The zero-order chi connectivity index (χ0) is 11.3. The fourth-order valence-electron chi connectivity index (χ4n) is 1.24. The third-order valence-electron chi connectivity index (χ3n) is 1.86. The Morgan fingerprint density at radius 1 is 1.50 bits per heavy atom. The minimum atomic E-state index is -0.450. The van der Waals surface area contributed by atoms with Gasteiger partial charge in [0.15, 0.2) is 5.90 Å². The highest BCUT2D eigenvalue weighted by molar-refractivity contribution is 5.85. The molecule has 0 saturated heterocycles. The second kappa shape index (κ2) is 6.79. The van der Waals surface area contributed by atoms with Crippen LogP contribution in [-0.4, -0.2) is 17.4 Å². The Morgan fingerprint density at radius 3 is 2.69 bits per heavy atom. The van der Waals surface area contributed by atoms with Crippen LogP contribution >= 0.6 is 12.4 Å². The standard InChI is InChI=1S/C10H12N2O3.ClH/c1-2-15-10(11)7-8-5-3-4-6-9(8)12(13)14;/h3-6,11H,2,7H2,1H3;1H.